The molecule has 0 atom stereocenters. The predicted molar refractivity (Wildman–Crippen MR) is 82.6 cm³/mol. The molecule has 0 fully saturated rings. The Labute approximate surface area is 115 Å². The molecule has 2 aromatic carbocycles. The number of rotatable bonds is 1. The normalized spacial score (nSPS) is 11.2. The second kappa shape index (κ2) is 4.18. The molecule has 0 saturated heterocycles. The fourth-order valence-corrected chi connectivity index (χ4v) is 3.45. The van der Waals surface area contributed by atoms with Gasteiger partial charge in [0.25, 0.3) is 0 Å². The summed E-state index contributed by atoms with van der Waals surface area (Å²) in [4.78, 5) is 4.58. The van der Waals surface area contributed by atoms with E-state index >= 15 is 0 Å². The van der Waals surface area contributed by atoms with Gasteiger partial charge in [-0.25, -0.2) is 0 Å². The van der Waals surface area contributed by atoms with Gasteiger partial charge in [-0.3, -0.25) is 4.98 Å². The first-order chi connectivity index (χ1) is 9.42. The number of aromatic nitrogens is 1. The minimum Gasteiger partial charge on any atom is -0.255 e. The van der Waals surface area contributed by atoms with Crippen molar-refractivity contribution in [1.29, 1.82) is 0 Å². The first-order valence-electron chi connectivity index (χ1n) is 6.24. The molecule has 0 amide bonds. The lowest BCUT2D eigenvalue weighted by atomic mass is 10.1. The molecule has 4 aromatic rings. The van der Waals surface area contributed by atoms with Crippen LogP contribution in [0.25, 0.3) is 31.4 Å². The van der Waals surface area contributed by atoms with Gasteiger partial charge in [-0.2, -0.15) is 0 Å². The SMILES string of the molecule is c1ccc(-c2cc3c(cn2)sc2ccccc23)cc1. The summed E-state index contributed by atoms with van der Waals surface area (Å²) in [5, 5.41) is 2.62. The first kappa shape index (κ1) is 10.7. The van der Waals surface area contributed by atoms with Crippen LogP contribution in [0.2, 0.25) is 0 Å². The molecule has 0 aliphatic heterocycles. The standard InChI is InChI=1S/C17H11NS/c1-2-6-12(7-3-1)15-10-14-13-8-4-5-9-16(13)19-17(14)11-18-15/h1-11H. The van der Waals surface area contributed by atoms with Crippen molar-refractivity contribution in [3.8, 4) is 11.3 Å². The van der Waals surface area contributed by atoms with Crippen LogP contribution in [0.5, 0.6) is 0 Å². The molecule has 0 saturated carbocycles. The van der Waals surface area contributed by atoms with Gasteiger partial charge in [0.2, 0.25) is 0 Å². The summed E-state index contributed by atoms with van der Waals surface area (Å²) in [5.74, 6) is 0. The van der Waals surface area contributed by atoms with Gasteiger partial charge in [0.05, 0.1) is 10.4 Å². The quantitative estimate of drug-likeness (QED) is 0.463. The fraction of sp³-hybridized carbons (Fsp3) is 0. The average molecular weight is 261 g/mol. The molecule has 2 heterocycles. The van der Waals surface area contributed by atoms with Crippen LogP contribution in [0.4, 0.5) is 0 Å². The van der Waals surface area contributed by atoms with Crippen molar-refractivity contribution in [3.63, 3.8) is 0 Å². The Morgan fingerprint density at radius 2 is 1.53 bits per heavy atom. The molecule has 0 unspecified atom stereocenters. The molecule has 1 nitrogen and oxygen atoms in total. The molecular formula is C17H11NS. The highest BCUT2D eigenvalue weighted by molar-refractivity contribution is 7.25. The third kappa shape index (κ3) is 1.72. The zero-order valence-corrected chi connectivity index (χ0v) is 11.0. The topological polar surface area (TPSA) is 12.9 Å². The second-order valence-electron chi connectivity index (χ2n) is 4.53. The number of thiophene rings is 1. The van der Waals surface area contributed by atoms with E-state index in [-0.39, 0.29) is 0 Å². The maximum Gasteiger partial charge on any atom is 0.0709 e. The molecule has 19 heavy (non-hydrogen) atoms. The number of pyridine rings is 1. The Balaban J connectivity index is 2.03. The van der Waals surface area contributed by atoms with Crippen LogP contribution in [0, 0.1) is 0 Å². The van der Waals surface area contributed by atoms with Crippen molar-refractivity contribution in [2.45, 2.75) is 0 Å². The van der Waals surface area contributed by atoms with E-state index in [0.29, 0.717) is 0 Å². The average Bonchev–Trinajstić information content (AvgIpc) is 2.86. The Bertz CT molecular complexity index is 862. The van der Waals surface area contributed by atoms with E-state index in [1.54, 1.807) is 11.3 Å². The Hall–Kier alpha value is -2.19. The van der Waals surface area contributed by atoms with Crippen molar-refractivity contribution >= 4 is 31.5 Å². The van der Waals surface area contributed by atoms with Gasteiger partial charge in [0, 0.05) is 27.2 Å². The summed E-state index contributed by atoms with van der Waals surface area (Å²) in [6.45, 7) is 0. The molecule has 0 aliphatic carbocycles. The molecule has 4 rings (SSSR count). The number of fused-ring (bicyclic) bond motifs is 3. The molecule has 0 bridgehead atoms. The fourth-order valence-electron chi connectivity index (χ4n) is 2.40. The largest absolute Gasteiger partial charge is 0.255 e. The number of hydrogen-bond acceptors (Lipinski definition) is 2. The Kier molecular flexibility index (Phi) is 2.35. The highest BCUT2D eigenvalue weighted by Crippen LogP contribution is 2.34. The molecule has 0 N–H and O–H groups in total. The maximum atomic E-state index is 4.58. The second-order valence-corrected chi connectivity index (χ2v) is 5.61. The number of nitrogens with zero attached hydrogens (tertiary/aromatic N) is 1. The predicted octanol–water partition coefficient (Wildman–Crippen LogP) is 5.12. The van der Waals surface area contributed by atoms with Crippen LogP contribution in [-0.4, -0.2) is 4.98 Å². The molecule has 90 valence electrons. The monoisotopic (exact) mass is 261 g/mol. The van der Waals surface area contributed by atoms with Gasteiger partial charge in [-0.05, 0) is 12.1 Å². The van der Waals surface area contributed by atoms with Crippen molar-refractivity contribution in [1.82, 2.24) is 4.98 Å². The molecule has 0 aliphatic rings. The van der Waals surface area contributed by atoms with Gasteiger partial charge in [-0.15, -0.1) is 11.3 Å². The van der Waals surface area contributed by atoms with Gasteiger partial charge in [0.1, 0.15) is 0 Å². The van der Waals surface area contributed by atoms with Crippen molar-refractivity contribution in [3.05, 3.63) is 66.9 Å². The van der Waals surface area contributed by atoms with E-state index in [0.717, 1.165) is 5.69 Å². The van der Waals surface area contributed by atoms with Gasteiger partial charge in [0.15, 0.2) is 0 Å². The van der Waals surface area contributed by atoms with E-state index < -0.39 is 0 Å². The highest BCUT2D eigenvalue weighted by atomic mass is 32.1. The Morgan fingerprint density at radius 1 is 0.737 bits per heavy atom. The molecular weight excluding hydrogens is 250 g/mol. The van der Waals surface area contributed by atoms with Crippen LogP contribution in [-0.2, 0) is 0 Å². The number of hydrogen-bond donors (Lipinski definition) is 0. The molecule has 2 aromatic heterocycles. The van der Waals surface area contributed by atoms with Crippen LogP contribution >= 0.6 is 11.3 Å². The Morgan fingerprint density at radius 3 is 2.42 bits per heavy atom. The zero-order chi connectivity index (χ0) is 12.7. The minimum absolute atomic E-state index is 1.04. The van der Waals surface area contributed by atoms with E-state index in [2.05, 4.69) is 47.4 Å². The van der Waals surface area contributed by atoms with Crippen molar-refractivity contribution in [2.24, 2.45) is 0 Å². The van der Waals surface area contributed by atoms with Crippen molar-refractivity contribution < 1.29 is 0 Å². The lowest BCUT2D eigenvalue weighted by Gasteiger charge is -2.00. The first-order valence-corrected chi connectivity index (χ1v) is 7.06. The van der Waals surface area contributed by atoms with E-state index in [9.17, 15) is 0 Å². The minimum atomic E-state index is 1.04. The summed E-state index contributed by atoms with van der Waals surface area (Å²) < 4.78 is 2.57. The molecule has 0 spiro atoms. The van der Waals surface area contributed by atoms with Gasteiger partial charge in [-0.1, -0.05) is 48.5 Å². The smallest absolute Gasteiger partial charge is 0.0709 e. The van der Waals surface area contributed by atoms with Crippen molar-refractivity contribution in [2.75, 3.05) is 0 Å². The van der Waals surface area contributed by atoms with Crippen LogP contribution in [0.15, 0.2) is 66.9 Å². The van der Waals surface area contributed by atoms with E-state index in [4.69, 9.17) is 0 Å². The molecule has 0 radical (unpaired) electrons. The highest BCUT2D eigenvalue weighted by Gasteiger charge is 2.06. The van der Waals surface area contributed by atoms with Crippen LogP contribution in [0.3, 0.4) is 0 Å². The van der Waals surface area contributed by atoms with E-state index in [1.165, 1.54) is 25.7 Å². The third-order valence-corrected chi connectivity index (χ3v) is 4.46. The van der Waals surface area contributed by atoms with Gasteiger partial charge >= 0.3 is 0 Å². The summed E-state index contributed by atoms with van der Waals surface area (Å²) >= 11 is 1.80. The lowest BCUT2D eigenvalue weighted by Crippen LogP contribution is -1.81. The maximum absolute atomic E-state index is 4.58. The number of benzene rings is 2. The molecule has 2 heteroatoms. The summed E-state index contributed by atoms with van der Waals surface area (Å²) in [6, 6.07) is 21.1. The summed E-state index contributed by atoms with van der Waals surface area (Å²) in [7, 11) is 0. The van der Waals surface area contributed by atoms with E-state index in [1.807, 2.05) is 24.4 Å². The summed E-state index contributed by atoms with van der Waals surface area (Å²) in [6.07, 6.45) is 1.99. The van der Waals surface area contributed by atoms with Crippen LogP contribution < -0.4 is 0 Å². The van der Waals surface area contributed by atoms with Gasteiger partial charge < -0.3 is 0 Å². The van der Waals surface area contributed by atoms with Crippen LogP contribution in [0.1, 0.15) is 0 Å². The summed E-state index contributed by atoms with van der Waals surface area (Å²) in [5.41, 5.74) is 2.20. The third-order valence-electron chi connectivity index (χ3n) is 3.33. The zero-order valence-electron chi connectivity index (χ0n) is 10.2. The lowest BCUT2D eigenvalue weighted by molar-refractivity contribution is 1.37.